The van der Waals surface area contributed by atoms with Crippen molar-refractivity contribution >= 4 is 11.6 Å². The molecule has 0 atom stereocenters. The van der Waals surface area contributed by atoms with E-state index in [0.29, 0.717) is 12.5 Å². The summed E-state index contributed by atoms with van der Waals surface area (Å²) in [5.41, 5.74) is 2.87. The number of nitrogens with one attached hydrogen (secondary N) is 2. The van der Waals surface area contributed by atoms with E-state index < -0.39 is 0 Å². The number of hydrogen-bond donors (Lipinski definition) is 2. The molecule has 1 rings (SSSR count). The van der Waals surface area contributed by atoms with E-state index in [9.17, 15) is 4.79 Å². The number of amides is 1. The molecule has 1 amide bonds. The Balaban J connectivity index is 2.54. The summed E-state index contributed by atoms with van der Waals surface area (Å²) in [6, 6.07) is 4.35. The van der Waals surface area contributed by atoms with Crippen LogP contribution >= 0.6 is 0 Å². The van der Waals surface area contributed by atoms with Gasteiger partial charge in [0.2, 0.25) is 5.91 Å². The van der Waals surface area contributed by atoms with Crippen molar-refractivity contribution in [2.75, 3.05) is 19.0 Å². The quantitative estimate of drug-likeness (QED) is 0.754. The number of rotatable bonds is 7. The van der Waals surface area contributed by atoms with Crippen LogP contribution in [0.15, 0.2) is 12.1 Å². The van der Waals surface area contributed by atoms with E-state index in [4.69, 9.17) is 4.74 Å². The van der Waals surface area contributed by atoms with Crippen molar-refractivity contribution in [1.82, 2.24) is 5.32 Å². The predicted octanol–water partition coefficient (Wildman–Crippen LogP) is 3.03. The van der Waals surface area contributed by atoms with Gasteiger partial charge in [0.15, 0.2) is 0 Å². The lowest BCUT2D eigenvalue weighted by atomic mass is 10.1. The van der Waals surface area contributed by atoms with E-state index in [-0.39, 0.29) is 5.91 Å². The molecule has 1 aromatic carbocycles. The van der Waals surface area contributed by atoms with Crippen LogP contribution in [0.25, 0.3) is 0 Å². The molecule has 0 aliphatic carbocycles. The Labute approximate surface area is 121 Å². The third-order valence-corrected chi connectivity index (χ3v) is 3.21. The van der Waals surface area contributed by atoms with E-state index in [2.05, 4.69) is 24.5 Å². The Morgan fingerprint density at radius 1 is 1.30 bits per heavy atom. The van der Waals surface area contributed by atoms with E-state index in [1.807, 2.05) is 26.0 Å². The number of benzene rings is 1. The summed E-state index contributed by atoms with van der Waals surface area (Å²) >= 11 is 0. The van der Waals surface area contributed by atoms with Gasteiger partial charge in [-0.05, 0) is 38.4 Å². The number of methoxy groups -OCH3 is 1. The standard InChI is InChI=1S/C16H26N2O2/c1-11(2)17-10-6-7-15(19)18-14-9-8-12(3)16(20-5)13(14)4/h8-9,11,17H,6-7,10H2,1-5H3,(H,18,19). The molecule has 0 saturated carbocycles. The molecule has 4 heteroatoms. The molecule has 0 aromatic heterocycles. The van der Waals surface area contributed by atoms with Crippen LogP contribution in [-0.2, 0) is 4.79 Å². The second kappa shape index (κ2) is 7.90. The topological polar surface area (TPSA) is 50.4 Å². The molecule has 112 valence electrons. The molecule has 0 unspecified atom stereocenters. The third-order valence-electron chi connectivity index (χ3n) is 3.21. The normalized spacial score (nSPS) is 10.7. The first-order chi connectivity index (χ1) is 9.45. The monoisotopic (exact) mass is 278 g/mol. The molecule has 0 saturated heterocycles. The zero-order chi connectivity index (χ0) is 15.1. The van der Waals surface area contributed by atoms with Gasteiger partial charge in [0, 0.05) is 23.7 Å². The minimum Gasteiger partial charge on any atom is -0.496 e. The first-order valence-electron chi connectivity index (χ1n) is 7.13. The van der Waals surface area contributed by atoms with Crippen LogP contribution in [0.1, 0.15) is 37.8 Å². The van der Waals surface area contributed by atoms with Crippen LogP contribution in [-0.4, -0.2) is 25.6 Å². The van der Waals surface area contributed by atoms with Gasteiger partial charge in [-0.25, -0.2) is 0 Å². The van der Waals surface area contributed by atoms with Crippen molar-refractivity contribution in [3.63, 3.8) is 0 Å². The lowest BCUT2D eigenvalue weighted by Crippen LogP contribution is -2.24. The maximum atomic E-state index is 11.9. The number of ether oxygens (including phenoxy) is 1. The average molecular weight is 278 g/mol. The average Bonchev–Trinajstić information content (AvgIpc) is 2.38. The van der Waals surface area contributed by atoms with Gasteiger partial charge >= 0.3 is 0 Å². The molecule has 0 radical (unpaired) electrons. The highest BCUT2D eigenvalue weighted by molar-refractivity contribution is 5.92. The summed E-state index contributed by atoms with van der Waals surface area (Å²) in [6.45, 7) is 9.02. The Hall–Kier alpha value is -1.55. The smallest absolute Gasteiger partial charge is 0.224 e. The first kappa shape index (κ1) is 16.5. The minimum absolute atomic E-state index is 0.0459. The van der Waals surface area contributed by atoms with Crippen molar-refractivity contribution in [2.45, 2.75) is 46.6 Å². The largest absolute Gasteiger partial charge is 0.496 e. The van der Waals surface area contributed by atoms with Crippen molar-refractivity contribution in [3.8, 4) is 5.75 Å². The number of aryl methyl sites for hydroxylation is 1. The van der Waals surface area contributed by atoms with Gasteiger partial charge in [0.05, 0.1) is 7.11 Å². The number of carbonyl (C=O) groups is 1. The molecule has 20 heavy (non-hydrogen) atoms. The zero-order valence-electron chi connectivity index (χ0n) is 13.2. The van der Waals surface area contributed by atoms with Crippen LogP contribution in [0.4, 0.5) is 5.69 Å². The van der Waals surface area contributed by atoms with Crippen LogP contribution < -0.4 is 15.4 Å². The highest BCUT2D eigenvalue weighted by Gasteiger charge is 2.10. The second-order valence-corrected chi connectivity index (χ2v) is 5.35. The molecule has 1 aromatic rings. The highest BCUT2D eigenvalue weighted by Crippen LogP contribution is 2.29. The molecular weight excluding hydrogens is 252 g/mol. The summed E-state index contributed by atoms with van der Waals surface area (Å²) in [4.78, 5) is 11.9. The van der Waals surface area contributed by atoms with Gasteiger partial charge in [-0.2, -0.15) is 0 Å². The van der Waals surface area contributed by atoms with E-state index >= 15 is 0 Å². The Morgan fingerprint density at radius 3 is 2.60 bits per heavy atom. The molecule has 0 bridgehead atoms. The summed E-state index contributed by atoms with van der Waals surface area (Å²) in [7, 11) is 1.65. The lowest BCUT2D eigenvalue weighted by molar-refractivity contribution is -0.116. The molecule has 0 heterocycles. The second-order valence-electron chi connectivity index (χ2n) is 5.35. The van der Waals surface area contributed by atoms with E-state index in [1.165, 1.54) is 0 Å². The number of hydrogen-bond acceptors (Lipinski definition) is 3. The fraction of sp³-hybridized carbons (Fsp3) is 0.562. The minimum atomic E-state index is 0.0459. The van der Waals surface area contributed by atoms with Crippen molar-refractivity contribution in [2.24, 2.45) is 0 Å². The molecular formula is C16H26N2O2. The molecule has 4 nitrogen and oxygen atoms in total. The van der Waals surface area contributed by atoms with Gasteiger partial charge in [-0.3, -0.25) is 4.79 Å². The van der Waals surface area contributed by atoms with Crippen molar-refractivity contribution in [1.29, 1.82) is 0 Å². The molecule has 0 fully saturated rings. The van der Waals surface area contributed by atoms with Gasteiger partial charge in [-0.15, -0.1) is 0 Å². The summed E-state index contributed by atoms with van der Waals surface area (Å²) < 4.78 is 5.36. The molecule has 0 aliphatic heterocycles. The van der Waals surface area contributed by atoms with Crippen LogP contribution in [0, 0.1) is 13.8 Å². The molecule has 2 N–H and O–H groups in total. The fourth-order valence-electron chi connectivity index (χ4n) is 2.13. The number of carbonyl (C=O) groups excluding carboxylic acids is 1. The number of anilines is 1. The Kier molecular flexibility index (Phi) is 6.52. The van der Waals surface area contributed by atoms with Gasteiger partial charge < -0.3 is 15.4 Å². The van der Waals surface area contributed by atoms with Crippen LogP contribution in [0.2, 0.25) is 0 Å². The summed E-state index contributed by atoms with van der Waals surface area (Å²) in [6.07, 6.45) is 1.36. The van der Waals surface area contributed by atoms with E-state index in [1.54, 1.807) is 7.11 Å². The van der Waals surface area contributed by atoms with Crippen molar-refractivity contribution in [3.05, 3.63) is 23.3 Å². The maximum absolute atomic E-state index is 11.9. The van der Waals surface area contributed by atoms with Gasteiger partial charge in [0.1, 0.15) is 5.75 Å². The van der Waals surface area contributed by atoms with Crippen LogP contribution in [0.5, 0.6) is 5.75 Å². The van der Waals surface area contributed by atoms with Gasteiger partial charge in [0.25, 0.3) is 0 Å². The van der Waals surface area contributed by atoms with Crippen molar-refractivity contribution < 1.29 is 9.53 Å². The summed E-state index contributed by atoms with van der Waals surface area (Å²) in [5, 5.41) is 6.26. The highest BCUT2D eigenvalue weighted by atomic mass is 16.5. The van der Waals surface area contributed by atoms with E-state index in [0.717, 1.165) is 35.5 Å². The predicted molar refractivity (Wildman–Crippen MR) is 83.5 cm³/mol. The maximum Gasteiger partial charge on any atom is 0.224 e. The third kappa shape index (κ3) is 4.85. The first-order valence-corrected chi connectivity index (χ1v) is 7.13. The Morgan fingerprint density at radius 2 is 2.00 bits per heavy atom. The zero-order valence-corrected chi connectivity index (χ0v) is 13.2. The fourth-order valence-corrected chi connectivity index (χ4v) is 2.13. The summed E-state index contributed by atoms with van der Waals surface area (Å²) in [5.74, 6) is 0.883. The Bertz CT molecular complexity index is 456. The van der Waals surface area contributed by atoms with Crippen LogP contribution in [0.3, 0.4) is 0 Å². The molecule has 0 spiro atoms. The SMILES string of the molecule is COc1c(C)ccc(NC(=O)CCCNC(C)C)c1C. The van der Waals surface area contributed by atoms with Gasteiger partial charge in [-0.1, -0.05) is 19.9 Å². The lowest BCUT2D eigenvalue weighted by Gasteiger charge is -2.14. The molecule has 0 aliphatic rings.